The Labute approximate surface area is 180 Å². The summed E-state index contributed by atoms with van der Waals surface area (Å²) in [7, 11) is 0. The number of halogens is 3. The zero-order chi connectivity index (χ0) is 22.2. The number of alkyl halides is 3. The first-order valence-corrected chi connectivity index (χ1v) is 11.1. The number of imide groups is 1. The molecular weight excluding hydrogens is 411 g/mol. The summed E-state index contributed by atoms with van der Waals surface area (Å²) in [6, 6.07) is 0. The number of amides is 2. The number of likely N-dealkylation sites (tertiary alicyclic amines) is 2. The molecule has 4 aliphatic rings. The van der Waals surface area contributed by atoms with Gasteiger partial charge in [-0.15, -0.1) is 0 Å². The van der Waals surface area contributed by atoms with Crippen molar-refractivity contribution in [2.75, 3.05) is 45.8 Å². The zero-order valence-corrected chi connectivity index (χ0v) is 17.7. The largest absolute Gasteiger partial charge is 0.401 e. The SMILES string of the molecule is CCNC(=NCC1CCN(CC(F)(F)F)C1)NCCN1C(=O)C2C3C=CC(C3)C2C1=O. The summed E-state index contributed by atoms with van der Waals surface area (Å²) in [6.45, 7) is 3.62. The lowest BCUT2D eigenvalue weighted by atomic mass is 9.85. The molecule has 2 heterocycles. The highest BCUT2D eigenvalue weighted by Crippen LogP contribution is 2.52. The first-order valence-electron chi connectivity index (χ1n) is 11.1. The minimum atomic E-state index is -4.17. The summed E-state index contributed by atoms with van der Waals surface area (Å²) in [5.41, 5.74) is 0. The Morgan fingerprint density at radius 3 is 2.45 bits per heavy atom. The van der Waals surface area contributed by atoms with Gasteiger partial charge in [0.2, 0.25) is 11.8 Å². The van der Waals surface area contributed by atoms with Gasteiger partial charge in [-0.25, -0.2) is 0 Å². The lowest BCUT2D eigenvalue weighted by Crippen LogP contribution is -2.44. The average Bonchev–Trinajstić information content (AvgIpc) is 3.46. The van der Waals surface area contributed by atoms with Crippen LogP contribution in [-0.4, -0.2) is 79.6 Å². The Hall–Kier alpha value is -2.10. The molecule has 31 heavy (non-hydrogen) atoms. The fourth-order valence-corrected chi connectivity index (χ4v) is 5.49. The fourth-order valence-electron chi connectivity index (χ4n) is 5.49. The van der Waals surface area contributed by atoms with Crippen molar-refractivity contribution in [1.29, 1.82) is 0 Å². The van der Waals surface area contributed by atoms with Crippen molar-refractivity contribution in [3.63, 3.8) is 0 Å². The highest BCUT2D eigenvalue weighted by atomic mass is 19.4. The number of rotatable bonds is 7. The minimum absolute atomic E-state index is 0.0636. The van der Waals surface area contributed by atoms with E-state index in [4.69, 9.17) is 0 Å². The quantitative estimate of drug-likeness (QED) is 0.269. The molecule has 2 aliphatic heterocycles. The van der Waals surface area contributed by atoms with Crippen LogP contribution < -0.4 is 10.6 Å². The summed E-state index contributed by atoms with van der Waals surface area (Å²) in [6.07, 6.45) is 1.58. The molecule has 2 bridgehead atoms. The topological polar surface area (TPSA) is 77.0 Å². The first-order chi connectivity index (χ1) is 14.8. The number of hydrogen-bond acceptors (Lipinski definition) is 4. The van der Waals surface area contributed by atoms with E-state index < -0.39 is 12.7 Å². The zero-order valence-electron chi connectivity index (χ0n) is 17.7. The van der Waals surface area contributed by atoms with E-state index in [0.717, 1.165) is 6.42 Å². The second kappa shape index (κ2) is 8.80. The predicted octanol–water partition coefficient (Wildman–Crippen LogP) is 1.23. The van der Waals surface area contributed by atoms with Crippen molar-refractivity contribution < 1.29 is 22.8 Å². The fraction of sp³-hybridized carbons (Fsp3) is 0.762. The Kier molecular flexibility index (Phi) is 6.27. The highest BCUT2D eigenvalue weighted by molar-refractivity contribution is 6.06. The van der Waals surface area contributed by atoms with Crippen LogP contribution in [0.3, 0.4) is 0 Å². The predicted molar refractivity (Wildman–Crippen MR) is 109 cm³/mol. The molecule has 0 radical (unpaired) electrons. The van der Waals surface area contributed by atoms with Crippen LogP contribution in [0.25, 0.3) is 0 Å². The Balaban J connectivity index is 1.25. The molecule has 172 valence electrons. The number of guanidine groups is 1. The lowest BCUT2D eigenvalue weighted by Gasteiger charge is -2.19. The van der Waals surface area contributed by atoms with E-state index in [1.165, 1.54) is 9.80 Å². The molecule has 3 fully saturated rings. The molecule has 0 aromatic rings. The third-order valence-electron chi connectivity index (χ3n) is 6.81. The lowest BCUT2D eigenvalue weighted by molar-refractivity contribution is -0.144. The molecule has 5 atom stereocenters. The van der Waals surface area contributed by atoms with Gasteiger partial charge in [0, 0.05) is 32.7 Å². The van der Waals surface area contributed by atoms with Gasteiger partial charge in [-0.3, -0.25) is 24.4 Å². The summed E-state index contributed by atoms with van der Waals surface area (Å²) in [4.78, 5) is 32.8. The molecule has 0 aromatic heterocycles. The van der Waals surface area contributed by atoms with Crippen molar-refractivity contribution >= 4 is 17.8 Å². The van der Waals surface area contributed by atoms with Crippen molar-refractivity contribution in [2.24, 2.45) is 34.6 Å². The molecule has 2 aliphatic carbocycles. The molecule has 7 nitrogen and oxygen atoms in total. The van der Waals surface area contributed by atoms with E-state index >= 15 is 0 Å². The molecule has 1 saturated carbocycles. The second-order valence-corrected chi connectivity index (χ2v) is 8.98. The number of nitrogens with zero attached hydrogens (tertiary/aromatic N) is 3. The number of allylic oxidation sites excluding steroid dienone is 2. The van der Waals surface area contributed by atoms with Crippen LogP contribution in [0.5, 0.6) is 0 Å². The summed E-state index contributed by atoms with van der Waals surface area (Å²) in [5.74, 6) is 0.536. The van der Waals surface area contributed by atoms with E-state index in [0.29, 0.717) is 45.1 Å². The van der Waals surface area contributed by atoms with Gasteiger partial charge in [0.15, 0.2) is 5.96 Å². The monoisotopic (exact) mass is 441 g/mol. The molecular formula is C21H30F3N5O2. The normalized spacial score (nSPS) is 33.0. The van der Waals surface area contributed by atoms with E-state index in [1.807, 2.05) is 6.92 Å². The van der Waals surface area contributed by atoms with Crippen LogP contribution in [0.1, 0.15) is 19.8 Å². The molecule has 2 N–H and O–H groups in total. The van der Waals surface area contributed by atoms with Crippen molar-refractivity contribution in [3.05, 3.63) is 12.2 Å². The molecule has 0 spiro atoms. The van der Waals surface area contributed by atoms with Crippen LogP contribution in [0, 0.1) is 29.6 Å². The Bertz CT molecular complexity index is 739. The van der Waals surface area contributed by atoms with E-state index in [1.54, 1.807) is 0 Å². The number of hydrogen-bond donors (Lipinski definition) is 2. The summed E-state index contributed by atoms with van der Waals surface area (Å²) < 4.78 is 37.6. The van der Waals surface area contributed by atoms with Crippen LogP contribution >= 0.6 is 0 Å². The van der Waals surface area contributed by atoms with Gasteiger partial charge in [-0.2, -0.15) is 13.2 Å². The third-order valence-corrected chi connectivity index (χ3v) is 6.81. The van der Waals surface area contributed by atoms with Crippen molar-refractivity contribution in [1.82, 2.24) is 20.4 Å². The van der Waals surface area contributed by atoms with Crippen LogP contribution in [-0.2, 0) is 9.59 Å². The standard InChI is InChI=1S/C21H30F3N5O2/c1-2-25-20(27-10-13-5-7-28(11-13)12-21(22,23)24)26-6-8-29-18(30)16-14-3-4-15(9-14)17(16)19(29)31/h3-4,13-17H,2,5-12H2,1H3,(H2,25,26,27). The number of aliphatic imine (C=N–C) groups is 1. The van der Waals surface area contributed by atoms with Gasteiger partial charge in [0.1, 0.15) is 0 Å². The molecule has 5 unspecified atom stereocenters. The maximum absolute atomic E-state index is 12.7. The van der Waals surface area contributed by atoms with Crippen molar-refractivity contribution in [2.45, 2.75) is 25.9 Å². The van der Waals surface area contributed by atoms with Gasteiger partial charge in [-0.1, -0.05) is 12.2 Å². The molecule has 2 amide bonds. The van der Waals surface area contributed by atoms with E-state index in [2.05, 4.69) is 27.8 Å². The smallest absolute Gasteiger partial charge is 0.357 e. The number of carbonyl (C=O) groups excluding carboxylic acids is 2. The molecule has 0 aromatic carbocycles. The van der Waals surface area contributed by atoms with Crippen molar-refractivity contribution in [3.8, 4) is 0 Å². The average molecular weight is 441 g/mol. The van der Waals surface area contributed by atoms with Crippen LogP contribution in [0.15, 0.2) is 17.1 Å². The van der Waals surface area contributed by atoms with Gasteiger partial charge >= 0.3 is 6.18 Å². The number of carbonyl (C=O) groups is 2. The maximum atomic E-state index is 12.7. The summed E-state index contributed by atoms with van der Waals surface area (Å²) in [5, 5.41) is 6.26. The van der Waals surface area contributed by atoms with Gasteiger partial charge in [-0.05, 0) is 44.1 Å². The van der Waals surface area contributed by atoms with Crippen LogP contribution in [0.4, 0.5) is 13.2 Å². The number of fused-ring (bicyclic) bond motifs is 5. The van der Waals surface area contributed by atoms with Gasteiger partial charge in [0.25, 0.3) is 0 Å². The first kappa shape index (κ1) is 22.1. The molecule has 4 rings (SSSR count). The second-order valence-electron chi connectivity index (χ2n) is 8.98. The summed E-state index contributed by atoms with van der Waals surface area (Å²) >= 11 is 0. The van der Waals surface area contributed by atoms with E-state index in [-0.39, 0.29) is 47.9 Å². The molecule has 10 heteroatoms. The number of nitrogens with one attached hydrogen (secondary N) is 2. The Morgan fingerprint density at radius 2 is 1.84 bits per heavy atom. The Morgan fingerprint density at radius 1 is 1.16 bits per heavy atom. The maximum Gasteiger partial charge on any atom is 0.401 e. The minimum Gasteiger partial charge on any atom is -0.357 e. The van der Waals surface area contributed by atoms with Gasteiger partial charge < -0.3 is 10.6 Å². The van der Waals surface area contributed by atoms with E-state index in [9.17, 15) is 22.8 Å². The van der Waals surface area contributed by atoms with Gasteiger partial charge in [0.05, 0.1) is 18.4 Å². The third kappa shape index (κ3) is 4.73. The highest BCUT2D eigenvalue weighted by Gasteiger charge is 2.58. The molecule has 2 saturated heterocycles. The van der Waals surface area contributed by atoms with Crippen LogP contribution in [0.2, 0.25) is 0 Å².